The van der Waals surface area contributed by atoms with E-state index in [1.807, 2.05) is 32.0 Å². The summed E-state index contributed by atoms with van der Waals surface area (Å²) in [6.45, 7) is 6.41. The molecular weight excluding hydrogens is 280 g/mol. The van der Waals surface area contributed by atoms with Gasteiger partial charge in [-0.2, -0.15) is 0 Å². The molecule has 0 radical (unpaired) electrons. The molecular formula is C16H26N4O2. The SMILES string of the molecule is CCNC(=NCCNC(=O)c1ccccc1)NC(C)COC. The maximum atomic E-state index is 11.9. The summed E-state index contributed by atoms with van der Waals surface area (Å²) < 4.78 is 5.09. The van der Waals surface area contributed by atoms with E-state index in [2.05, 4.69) is 20.9 Å². The van der Waals surface area contributed by atoms with E-state index in [0.29, 0.717) is 25.3 Å². The minimum atomic E-state index is -0.0819. The Kier molecular flexibility index (Phi) is 8.67. The third-order valence-corrected chi connectivity index (χ3v) is 2.85. The smallest absolute Gasteiger partial charge is 0.251 e. The molecule has 1 unspecified atom stereocenters. The molecule has 0 saturated carbocycles. The van der Waals surface area contributed by atoms with Gasteiger partial charge in [0.2, 0.25) is 0 Å². The highest BCUT2D eigenvalue weighted by Gasteiger charge is 2.05. The Morgan fingerprint density at radius 3 is 2.64 bits per heavy atom. The first kappa shape index (κ1) is 18.0. The van der Waals surface area contributed by atoms with Crippen molar-refractivity contribution < 1.29 is 9.53 Å². The average molecular weight is 306 g/mol. The van der Waals surface area contributed by atoms with Crippen molar-refractivity contribution in [3.05, 3.63) is 35.9 Å². The van der Waals surface area contributed by atoms with Gasteiger partial charge in [-0.15, -0.1) is 0 Å². The van der Waals surface area contributed by atoms with E-state index in [1.165, 1.54) is 0 Å². The molecule has 0 aliphatic rings. The summed E-state index contributed by atoms with van der Waals surface area (Å²) in [5, 5.41) is 9.25. The average Bonchev–Trinajstić information content (AvgIpc) is 2.52. The maximum absolute atomic E-state index is 11.9. The van der Waals surface area contributed by atoms with Crippen molar-refractivity contribution >= 4 is 11.9 Å². The van der Waals surface area contributed by atoms with E-state index in [9.17, 15) is 4.79 Å². The Bertz CT molecular complexity index is 462. The van der Waals surface area contributed by atoms with Crippen LogP contribution in [-0.2, 0) is 4.74 Å². The summed E-state index contributed by atoms with van der Waals surface area (Å²) in [6, 6.07) is 9.32. The van der Waals surface area contributed by atoms with Crippen molar-refractivity contribution in [2.24, 2.45) is 4.99 Å². The van der Waals surface area contributed by atoms with Crippen LogP contribution in [0.1, 0.15) is 24.2 Å². The number of carbonyl (C=O) groups is 1. The number of methoxy groups -OCH3 is 1. The van der Waals surface area contributed by atoms with Gasteiger partial charge in [0, 0.05) is 31.8 Å². The third-order valence-electron chi connectivity index (χ3n) is 2.85. The minimum absolute atomic E-state index is 0.0819. The second-order valence-electron chi connectivity index (χ2n) is 4.88. The fourth-order valence-electron chi connectivity index (χ4n) is 1.87. The normalized spacial score (nSPS) is 12.6. The molecule has 0 saturated heterocycles. The fraction of sp³-hybridized carbons (Fsp3) is 0.500. The van der Waals surface area contributed by atoms with Crippen molar-refractivity contribution in [3.63, 3.8) is 0 Å². The molecule has 1 aromatic carbocycles. The summed E-state index contributed by atoms with van der Waals surface area (Å²) in [7, 11) is 1.67. The van der Waals surface area contributed by atoms with E-state index in [1.54, 1.807) is 19.2 Å². The Balaban J connectivity index is 2.38. The number of nitrogens with zero attached hydrogens (tertiary/aromatic N) is 1. The van der Waals surface area contributed by atoms with Crippen molar-refractivity contribution in [2.75, 3.05) is 33.4 Å². The number of rotatable bonds is 8. The summed E-state index contributed by atoms with van der Waals surface area (Å²) >= 11 is 0. The predicted octanol–water partition coefficient (Wildman–Crippen LogP) is 1.01. The molecule has 0 fully saturated rings. The van der Waals surface area contributed by atoms with Crippen LogP contribution in [0.2, 0.25) is 0 Å². The fourth-order valence-corrected chi connectivity index (χ4v) is 1.87. The number of ether oxygens (including phenoxy) is 1. The van der Waals surface area contributed by atoms with Gasteiger partial charge in [-0.05, 0) is 26.0 Å². The van der Waals surface area contributed by atoms with Crippen LogP contribution in [0.3, 0.4) is 0 Å². The number of carbonyl (C=O) groups excluding carboxylic acids is 1. The van der Waals surface area contributed by atoms with Gasteiger partial charge >= 0.3 is 0 Å². The van der Waals surface area contributed by atoms with Crippen LogP contribution >= 0.6 is 0 Å². The molecule has 0 spiro atoms. The summed E-state index contributed by atoms with van der Waals surface area (Å²) in [5.74, 6) is 0.641. The monoisotopic (exact) mass is 306 g/mol. The summed E-state index contributed by atoms with van der Waals surface area (Å²) in [6.07, 6.45) is 0. The molecule has 0 bridgehead atoms. The lowest BCUT2D eigenvalue weighted by Crippen LogP contribution is -2.44. The summed E-state index contributed by atoms with van der Waals surface area (Å²) in [5.41, 5.74) is 0.658. The number of guanidine groups is 1. The molecule has 1 amide bonds. The van der Waals surface area contributed by atoms with Gasteiger partial charge in [0.25, 0.3) is 5.91 Å². The topological polar surface area (TPSA) is 74.8 Å². The van der Waals surface area contributed by atoms with Crippen LogP contribution in [-0.4, -0.2) is 51.3 Å². The summed E-state index contributed by atoms with van der Waals surface area (Å²) in [4.78, 5) is 16.3. The second kappa shape index (κ2) is 10.6. The number of hydrogen-bond donors (Lipinski definition) is 3. The number of hydrogen-bond acceptors (Lipinski definition) is 3. The first-order valence-corrected chi connectivity index (χ1v) is 7.54. The quantitative estimate of drug-likeness (QED) is 0.381. The Morgan fingerprint density at radius 2 is 2.00 bits per heavy atom. The van der Waals surface area contributed by atoms with Gasteiger partial charge in [-0.3, -0.25) is 9.79 Å². The van der Waals surface area contributed by atoms with Crippen LogP contribution in [0.15, 0.2) is 35.3 Å². The molecule has 0 aliphatic carbocycles. The Labute approximate surface area is 132 Å². The number of amides is 1. The van der Waals surface area contributed by atoms with Gasteiger partial charge in [-0.25, -0.2) is 0 Å². The van der Waals surface area contributed by atoms with Crippen molar-refractivity contribution in [2.45, 2.75) is 19.9 Å². The zero-order valence-electron chi connectivity index (χ0n) is 13.6. The number of benzene rings is 1. The standard InChI is InChI=1S/C16H26N4O2/c1-4-17-16(20-13(2)12-22-3)19-11-10-18-15(21)14-8-6-5-7-9-14/h5-9,13H,4,10-12H2,1-3H3,(H,18,21)(H2,17,19,20). The van der Waals surface area contributed by atoms with E-state index in [4.69, 9.17) is 4.74 Å². The van der Waals surface area contributed by atoms with Crippen LogP contribution in [0.25, 0.3) is 0 Å². The molecule has 1 aromatic rings. The molecule has 0 heterocycles. The zero-order chi connectivity index (χ0) is 16.2. The van der Waals surface area contributed by atoms with Crippen LogP contribution in [0.5, 0.6) is 0 Å². The van der Waals surface area contributed by atoms with Crippen LogP contribution < -0.4 is 16.0 Å². The molecule has 1 rings (SSSR count). The highest BCUT2D eigenvalue weighted by molar-refractivity contribution is 5.94. The van der Waals surface area contributed by atoms with Gasteiger partial charge in [-0.1, -0.05) is 18.2 Å². The van der Waals surface area contributed by atoms with Crippen LogP contribution in [0, 0.1) is 0 Å². The van der Waals surface area contributed by atoms with Crippen molar-refractivity contribution in [3.8, 4) is 0 Å². The molecule has 22 heavy (non-hydrogen) atoms. The molecule has 0 aromatic heterocycles. The third kappa shape index (κ3) is 7.08. The first-order chi connectivity index (χ1) is 10.7. The molecule has 0 aliphatic heterocycles. The van der Waals surface area contributed by atoms with Crippen molar-refractivity contribution in [1.29, 1.82) is 0 Å². The molecule has 122 valence electrons. The minimum Gasteiger partial charge on any atom is -0.383 e. The van der Waals surface area contributed by atoms with Gasteiger partial charge < -0.3 is 20.7 Å². The van der Waals surface area contributed by atoms with Gasteiger partial charge in [0.15, 0.2) is 5.96 Å². The lowest BCUT2D eigenvalue weighted by atomic mass is 10.2. The second-order valence-corrected chi connectivity index (χ2v) is 4.88. The van der Waals surface area contributed by atoms with E-state index in [-0.39, 0.29) is 11.9 Å². The Morgan fingerprint density at radius 1 is 1.27 bits per heavy atom. The van der Waals surface area contributed by atoms with E-state index in [0.717, 1.165) is 12.5 Å². The molecule has 6 heteroatoms. The van der Waals surface area contributed by atoms with E-state index < -0.39 is 0 Å². The Hall–Kier alpha value is -2.08. The first-order valence-electron chi connectivity index (χ1n) is 7.54. The molecule has 3 N–H and O–H groups in total. The van der Waals surface area contributed by atoms with E-state index >= 15 is 0 Å². The predicted molar refractivity (Wildman–Crippen MR) is 89.2 cm³/mol. The number of aliphatic imine (C=N–C) groups is 1. The van der Waals surface area contributed by atoms with Crippen LogP contribution in [0.4, 0.5) is 0 Å². The number of nitrogens with one attached hydrogen (secondary N) is 3. The lowest BCUT2D eigenvalue weighted by Gasteiger charge is -2.17. The molecule has 1 atom stereocenters. The highest BCUT2D eigenvalue weighted by Crippen LogP contribution is 1.97. The van der Waals surface area contributed by atoms with Gasteiger partial charge in [0.1, 0.15) is 0 Å². The zero-order valence-corrected chi connectivity index (χ0v) is 13.6. The molecule has 6 nitrogen and oxygen atoms in total. The van der Waals surface area contributed by atoms with Crippen molar-refractivity contribution in [1.82, 2.24) is 16.0 Å². The van der Waals surface area contributed by atoms with Gasteiger partial charge in [0.05, 0.1) is 13.2 Å². The largest absolute Gasteiger partial charge is 0.383 e. The highest BCUT2D eigenvalue weighted by atomic mass is 16.5. The lowest BCUT2D eigenvalue weighted by molar-refractivity contribution is 0.0955. The maximum Gasteiger partial charge on any atom is 0.251 e.